The normalized spacial score (nSPS) is 11.0. The quantitative estimate of drug-likeness (QED) is 0.401. The van der Waals surface area contributed by atoms with Gasteiger partial charge in [-0.05, 0) is 49.4 Å². The second kappa shape index (κ2) is 9.93. The van der Waals surface area contributed by atoms with Gasteiger partial charge >= 0.3 is 0 Å². The van der Waals surface area contributed by atoms with Gasteiger partial charge in [0.15, 0.2) is 0 Å². The molecule has 0 aliphatic rings. The molecule has 27 heavy (non-hydrogen) atoms. The van der Waals surface area contributed by atoms with Crippen molar-refractivity contribution in [1.29, 1.82) is 0 Å². The summed E-state index contributed by atoms with van der Waals surface area (Å²) in [7, 11) is 0. The van der Waals surface area contributed by atoms with E-state index in [0.29, 0.717) is 6.61 Å². The van der Waals surface area contributed by atoms with E-state index in [-0.39, 0.29) is 6.61 Å². The molecule has 0 fully saturated rings. The van der Waals surface area contributed by atoms with Gasteiger partial charge in [-0.2, -0.15) is 0 Å². The zero-order chi connectivity index (χ0) is 18.9. The number of para-hydroxylation sites is 3. The van der Waals surface area contributed by atoms with Crippen molar-refractivity contribution in [3.63, 3.8) is 0 Å². The van der Waals surface area contributed by atoms with Crippen molar-refractivity contribution in [2.45, 2.75) is 38.6 Å². The lowest BCUT2D eigenvalue weighted by Crippen LogP contribution is -2.07. The van der Waals surface area contributed by atoms with E-state index in [0.717, 1.165) is 55.7 Å². The van der Waals surface area contributed by atoms with E-state index in [1.807, 2.05) is 36.4 Å². The Hall–Kier alpha value is -2.59. The van der Waals surface area contributed by atoms with Gasteiger partial charge in [0.1, 0.15) is 11.6 Å². The Morgan fingerprint density at radius 1 is 1.04 bits per heavy atom. The number of aliphatic hydroxyl groups is 1. The number of aryl methyl sites for hydroxylation is 2. The molecule has 2 aromatic carbocycles. The highest BCUT2D eigenvalue weighted by atomic mass is 16.5. The second-order valence-corrected chi connectivity index (χ2v) is 6.65. The molecule has 3 rings (SSSR count). The number of nitrogens with zero attached hydrogens (tertiary/aromatic N) is 2. The van der Waals surface area contributed by atoms with E-state index in [9.17, 15) is 0 Å². The largest absolute Gasteiger partial charge is 0.493 e. The summed E-state index contributed by atoms with van der Waals surface area (Å²) in [5.41, 5.74) is 3.38. The maximum Gasteiger partial charge on any atom is 0.122 e. The summed E-state index contributed by atoms with van der Waals surface area (Å²) >= 11 is 0. The van der Waals surface area contributed by atoms with Crippen LogP contribution in [0.2, 0.25) is 0 Å². The fraction of sp³-hybridized carbons (Fsp3) is 0.348. The van der Waals surface area contributed by atoms with Crippen LogP contribution >= 0.6 is 0 Å². The first-order valence-corrected chi connectivity index (χ1v) is 9.70. The number of hydrogen-bond acceptors (Lipinski definition) is 3. The van der Waals surface area contributed by atoms with Crippen LogP contribution in [-0.2, 0) is 19.4 Å². The molecule has 0 unspecified atom stereocenters. The predicted octanol–water partition coefficient (Wildman–Crippen LogP) is 4.55. The van der Waals surface area contributed by atoms with Gasteiger partial charge < -0.3 is 14.4 Å². The van der Waals surface area contributed by atoms with Crippen LogP contribution in [0.4, 0.5) is 0 Å². The highest BCUT2D eigenvalue weighted by Gasteiger charge is 2.10. The first kappa shape index (κ1) is 19.2. The SMILES string of the molecule is C=CCc1ccccc1OCCCCn1c(CCCO)nc2ccccc21. The molecule has 0 radical (unpaired) electrons. The smallest absolute Gasteiger partial charge is 0.122 e. The Balaban J connectivity index is 1.57. The van der Waals surface area contributed by atoms with Gasteiger partial charge in [-0.15, -0.1) is 6.58 Å². The number of fused-ring (bicyclic) bond motifs is 1. The maximum atomic E-state index is 9.15. The average Bonchev–Trinajstić information content (AvgIpc) is 3.05. The van der Waals surface area contributed by atoms with Crippen LogP contribution in [0.5, 0.6) is 5.75 Å². The summed E-state index contributed by atoms with van der Waals surface area (Å²) in [4.78, 5) is 4.74. The first-order valence-electron chi connectivity index (χ1n) is 9.70. The average molecular weight is 364 g/mol. The Morgan fingerprint density at radius 2 is 1.85 bits per heavy atom. The molecule has 0 saturated heterocycles. The third kappa shape index (κ3) is 4.98. The molecular formula is C23H28N2O2. The number of rotatable bonds is 11. The van der Waals surface area contributed by atoms with Gasteiger partial charge in [0.2, 0.25) is 0 Å². The van der Waals surface area contributed by atoms with E-state index < -0.39 is 0 Å². The number of aromatic nitrogens is 2. The van der Waals surface area contributed by atoms with Crippen molar-refractivity contribution >= 4 is 11.0 Å². The lowest BCUT2D eigenvalue weighted by molar-refractivity contribution is 0.286. The number of imidazole rings is 1. The summed E-state index contributed by atoms with van der Waals surface area (Å²) in [6, 6.07) is 16.4. The molecule has 1 aromatic heterocycles. The maximum absolute atomic E-state index is 9.15. The fourth-order valence-corrected chi connectivity index (χ4v) is 3.33. The first-order chi connectivity index (χ1) is 13.3. The molecule has 142 valence electrons. The van der Waals surface area contributed by atoms with Crippen molar-refractivity contribution in [3.8, 4) is 5.75 Å². The third-order valence-corrected chi connectivity index (χ3v) is 4.66. The van der Waals surface area contributed by atoms with Crippen LogP contribution in [0.1, 0.15) is 30.7 Å². The lowest BCUT2D eigenvalue weighted by Gasteiger charge is -2.12. The van der Waals surface area contributed by atoms with Crippen LogP contribution in [0.25, 0.3) is 11.0 Å². The minimum Gasteiger partial charge on any atom is -0.493 e. The van der Waals surface area contributed by atoms with Gasteiger partial charge in [-0.25, -0.2) is 4.98 Å². The number of aliphatic hydroxyl groups excluding tert-OH is 1. The van der Waals surface area contributed by atoms with Gasteiger partial charge in [-0.3, -0.25) is 0 Å². The number of allylic oxidation sites excluding steroid dienone is 1. The van der Waals surface area contributed by atoms with Crippen molar-refractivity contribution in [2.24, 2.45) is 0 Å². The number of hydrogen-bond donors (Lipinski definition) is 1. The zero-order valence-corrected chi connectivity index (χ0v) is 15.8. The topological polar surface area (TPSA) is 47.3 Å². The molecule has 0 saturated carbocycles. The van der Waals surface area contributed by atoms with Crippen molar-refractivity contribution in [2.75, 3.05) is 13.2 Å². The van der Waals surface area contributed by atoms with E-state index in [4.69, 9.17) is 14.8 Å². The van der Waals surface area contributed by atoms with Crippen LogP contribution in [0.3, 0.4) is 0 Å². The van der Waals surface area contributed by atoms with E-state index in [1.54, 1.807) is 0 Å². The highest BCUT2D eigenvalue weighted by molar-refractivity contribution is 5.75. The van der Waals surface area contributed by atoms with Crippen LogP contribution in [0, 0.1) is 0 Å². The molecule has 3 aromatic rings. The van der Waals surface area contributed by atoms with Gasteiger partial charge in [0.05, 0.1) is 17.6 Å². The molecule has 4 nitrogen and oxygen atoms in total. The number of ether oxygens (including phenoxy) is 1. The van der Waals surface area contributed by atoms with Gasteiger partial charge in [-0.1, -0.05) is 36.4 Å². The monoisotopic (exact) mass is 364 g/mol. The lowest BCUT2D eigenvalue weighted by atomic mass is 10.1. The number of benzene rings is 2. The summed E-state index contributed by atoms with van der Waals surface area (Å²) in [5.74, 6) is 2.01. The van der Waals surface area contributed by atoms with Gasteiger partial charge in [0, 0.05) is 19.6 Å². The summed E-state index contributed by atoms with van der Waals surface area (Å²) in [6.45, 7) is 5.62. The molecule has 0 aliphatic carbocycles. The molecule has 0 bridgehead atoms. The van der Waals surface area contributed by atoms with Crippen molar-refractivity contribution in [1.82, 2.24) is 9.55 Å². The van der Waals surface area contributed by atoms with Crippen LogP contribution in [-0.4, -0.2) is 27.9 Å². The second-order valence-electron chi connectivity index (χ2n) is 6.65. The molecule has 0 amide bonds. The zero-order valence-electron chi connectivity index (χ0n) is 15.8. The summed E-state index contributed by atoms with van der Waals surface area (Å²) in [5, 5.41) is 9.15. The van der Waals surface area contributed by atoms with E-state index in [2.05, 4.69) is 29.3 Å². The fourth-order valence-electron chi connectivity index (χ4n) is 3.33. The van der Waals surface area contributed by atoms with Crippen molar-refractivity contribution < 1.29 is 9.84 Å². The summed E-state index contributed by atoms with van der Waals surface area (Å²) < 4.78 is 8.27. The molecular weight excluding hydrogens is 336 g/mol. The van der Waals surface area contributed by atoms with Crippen LogP contribution in [0.15, 0.2) is 61.2 Å². The Morgan fingerprint density at radius 3 is 2.70 bits per heavy atom. The van der Waals surface area contributed by atoms with Crippen molar-refractivity contribution in [3.05, 3.63) is 72.6 Å². The molecule has 1 N–H and O–H groups in total. The molecule has 0 spiro atoms. The highest BCUT2D eigenvalue weighted by Crippen LogP contribution is 2.20. The third-order valence-electron chi connectivity index (χ3n) is 4.66. The minimum atomic E-state index is 0.196. The van der Waals surface area contributed by atoms with E-state index in [1.165, 1.54) is 11.1 Å². The molecule has 4 heteroatoms. The standard InChI is InChI=1S/C23H28N2O2/c1-2-10-19-11-3-6-14-22(19)27-18-8-7-16-25-21-13-5-4-12-20(21)24-23(25)15-9-17-26/h2-6,11-14,26H,1,7-10,15-18H2. The predicted molar refractivity (Wildman–Crippen MR) is 110 cm³/mol. The Bertz CT molecular complexity index is 870. The van der Waals surface area contributed by atoms with Gasteiger partial charge in [0.25, 0.3) is 0 Å². The minimum absolute atomic E-state index is 0.196. The number of unbranched alkanes of at least 4 members (excludes halogenated alkanes) is 1. The van der Waals surface area contributed by atoms with E-state index >= 15 is 0 Å². The van der Waals surface area contributed by atoms with Crippen LogP contribution < -0.4 is 4.74 Å². The molecule has 1 heterocycles. The Labute approximate surface area is 161 Å². The Kier molecular flexibility index (Phi) is 7.05. The summed E-state index contributed by atoms with van der Waals surface area (Å²) in [6.07, 6.45) is 6.28. The molecule has 0 atom stereocenters. The molecule has 0 aliphatic heterocycles.